The van der Waals surface area contributed by atoms with Gasteiger partial charge in [0.15, 0.2) is 0 Å². The highest BCUT2D eigenvalue weighted by atomic mass is 16.3. The lowest BCUT2D eigenvalue weighted by molar-refractivity contribution is 0.0737. The number of fused-ring (bicyclic) bond motifs is 3. The van der Waals surface area contributed by atoms with Crippen molar-refractivity contribution in [1.82, 2.24) is 24.1 Å². The number of rotatable bonds is 4. The second-order valence-corrected chi connectivity index (χ2v) is 10.4. The molecule has 0 fully saturated rings. The SMILES string of the molecule is [C-]#[N+]C(C)(C)c1cncc(-c2ccc3ncc4c(c3c2)n(-c2ccc(C(C)(C)O)nc2C)c(=O)n4C)c1. The van der Waals surface area contributed by atoms with Crippen LogP contribution in [0.3, 0.4) is 0 Å². The van der Waals surface area contributed by atoms with Gasteiger partial charge in [0, 0.05) is 44.2 Å². The van der Waals surface area contributed by atoms with E-state index in [0.29, 0.717) is 22.6 Å². The molecule has 0 atom stereocenters. The number of hydrogen-bond acceptors (Lipinski definition) is 5. The molecule has 0 amide bonds. The van der Waals surface area contributed by atoms with Crippen LogP contribution >= 0.6 is 0 Å². The number of hydrogen-bond donors (Lipinski definition) is 1. The lowest BCUT2D eigenvalue weighted by Gasteiger charge is -2.18. The number of pyridine rings is 3. The van der Waals surface area contributed by atoms with Gasteiger partial charge in [0.2, 0.25) is 0 Å². The lowest BCUT2D eigenvalue weighted by atomic mass is 9.94. The first-order chi connectivity index (χ1) is 17.4. The summed E-state index contributed by atoms with van der Waals surface area (Å²) in [5.41, 5.74) is 4.62. The molecule has 186 valence electrons. The summed E-state index contributed by atoms with van der Waals surface area (Å²) in [7, 11) is 1.73. The highest BCUT2D eigenvalue weighted by Crippen LogP contribution is 2.32. The van der Waals surface area contributed by atoms with Crippen molar-refractivity contribution in [2.45, 2.75) is 45.8 Å². The maximum Gasteiger partial charge on any atom is 0.333 e. The molecule has 0 saturated heterocycles. The first-order valence-corrected chi connectivity index (χ1v) is 12.0. The molecule has 0 saturated carbocycles. The summed E-state index contributed by atoms with van der Waals surface area (Å²) in [6.45, 7) is 16.5. The van der Waals surface area contributed by atoms with Crippen LogP contribution in [-0.2, 0) is 18.2 Å². The number of imidazole rings is 1. The average molecular weight is 493 g/mol. The van der Waals surface area contributed by atoms with E-state index < -0.39 is 11.1 Å². The zero-order valence-electron chi connectivity index (χ0n) is 21.7. The molecular formula is C29H28N6O2. The summed E-state index contributed by atoms with van der Waals surface area (Å²) < 4.78 is 3.24. The minimum atomic E-state index is -1.09. The van der Waals surface area contributed by atoms with Gasteiger partial charge in [-0.25, -0.2) is 11.4 Å². The number of aryl methyl sites for hydroxylation is 2. The second kappa shape index (κ2) is 8.36. The number of nitrogens with zero attached hydrogens (tertiary/aromatic N) is 6. The Bertz CT molecular complexity index is 1800. The van der Waals surface area contributed by atoms with Crippen molar-refractivity contribution in [2.75, 3.05) is 0 Å². The van der Waals surface area contributed by atoms with Crippen molar-refractivity contribution in [1.29, 1.82) is 0 Å². The van der Waals surface area contributed by atoms with Gasteiger partial charge in [0.1, 0.15) is 5.60 Å². The van der Waals surface area contributed by atoms with Gasteiger partial charge in [0.25, 0.3) is 5.54 Å². The fourth-order valence-electron chi connectivity index (χ4n) is 4.53. The zero-order valence-corrected chi connectivity index (χ0v) is 21.7. The van der Waals surface area contributed by atoms with E-state index in [0.717, 1.165) is 33.1 Å². The lowest BCUT2D eigenvalue weighted by Crippen LogP contribution is -2.23. The van der Waals surface area contributed by atoms with Crippen molar-refractivity contribution in [3.8, 4) is 16.8 Å². The monoisotopic (exact) mass is 492 g/mol. The van der Waals surface area contributed by atoms with Crippen molar-refractivity contribution in [3.05, 3.63) is 93.8 Å². The molecule has 1 N–H and O–H groups in total. The van der Waals surface area contributed by atoms with E-state index in [1.807, 2.05) is 51.1 Å². The van der Waals surface area contributed by atoms with Gasteiger partial charge in [-0.1, -0.05) is 6.07 Å². The summed E-state index contributed by atoms with van der Waals surface area (Å²) in [6.07, 6.45) is 5.22. The first-order valence-electron chi connectivity index (χ1n) is 12.0. The van der Waals surface area contributed by atoms with Crippen molar-refractivity contribution < 1.29 is 5.11 Å². The van der Waals surface area contributed by atoms with Gasteiger partial charge in [-0.05, 0) is 56.7 Å². The summed E-state index contributed by atoms with van der Waals surface area (Å²) in [5.74, 6) is 0. The first kappa shape index (κ1) is 24.3. The van der Waals surface area contributed by atoms with E-state index >= 15 is 0 Å². The van der Waals surface area contributed by atoms with Crippen LogP contribution in [0.5, 0.6) is 0 Å². The van der Waals surface area contributed by atoms with E-state index in [4.69, 9.17) is 6.57 Å². The molecule has 0 bridgehead atoms. The van der Waals surface area contributed by atoms with Gasteiger partial charge in [-0.2, -0.15) is 0 Å². The Morgan fingerprint density at radius 3 is 2.43 bits per heavy atom. The molecule has 0 unspecified atom stereocenters. The van der Waals surface area contributed by atoms with Crippen LogP contribution in [0.2, 0.25) is 0 Å². The van der Waals surface area contributed by atoms with E-state index in [1.54, 1.807) is 54.7 Å². The van der Waals surface area contributed by atoms with Crippen LogP contribution in [0.1, 0.15) is 44.6 Å². The molecule has 0 aliphatic rings. The fraction of sp³-hybridized carbons (Fsp3) is 0.276. The van der Waals surface area contributed by atoms with E-state index in [9.17, 15) is 9.90 Å². The number of aliphatic hydroxyl groups is 1. The quantitative estimate of drug-likeness (QED) is 0.356. The maximum absolute atomic E-state index is 13.5. The summed E-state index contributed by atoms with van der Waals surface area (Å²) in [4.78, 5) is 30.8. The molecule has 4 aromatic heterocycles. The number of aromatic nitrogens is 5. The fourth-order valence-corrected chi connectivity index (χ4v) is 4.53. The van der Waals surface area contributed by atoms with Crippen LogP contribution in [0.25, 0.3) is 43.6 Å². The highest BCUT2D eigenvalue weighted by Gasteiger charge is 2.27. The molecule has 5 aromatic rings. The minimum absolute atomic E-state index is 0.210. The van der Waals surface area contributed by atoms with Gasteiger partial charge < -0.3 is 9.95 Å². The Hall–Kier alpha value is -4.35. The second-order valence-electron chi connectivity index (χ2n) is 10.4. The molecule has 0 radical (unpaired) electrons. The van der Waals surface area contributed by atoms with Crippen LogP contribution in [0.15, 0.2) is 59.8 Å². The normalized spacial score (nSPS) is 12.3. The smallest absolute Gasteiger partial charge is 0.333 e. The van der Waals surface area contributed by atoms with Crippen LogP contribution in [0, 0.1) is 13.5 Å². The molecule has 8 heteroatoms. The van der Waals surface area contributed by atoms with Crippen molar-refractivity contribution in [2.24, 2.45) is 7.05 Å². The van der Waals surface area contributed by atoms with E-state index in [-0.39, 0.29) is 5.69 Å². The predicted octanol–water partition coefficient (Wildman–Crippen LogP) is 5.02. The third kappa shape index (κ3) is 3.98. The number of benzene rings is 1. The summed E-state index contributed by atoms with van der Waals surface area (Å²) >= 11 is 0. The maximum atomic E-state index is 13.5. The Kier molecular flexibility index (Phi) is 5.50. The standard InChI is InChI=1S/C29H28N6O2/c1-17-23(10-11-25(33-17)29(4,5)37)35-26-21-13-18(19-12-20(15-31-14-19)28(2,3)30-6)8-9-22(21)32-16-24(26)34(7)27(35)36/h8-16,37H,1-5,7H3. The van der Waals surface area contributed by atoms with Crippen LogP contribution < -0.4 is 5.69 Å². The third-order valence-electron chi connectivity index (χ3n) is 6.87. The Morgan fingerprint density at radius 2 is 1.76 bits per heavy atom. The summed E-state index contributed by atoms with van der Waals surface area (Å²) in [5, 5.41) is 11.2. The van der Waals surface area contributed by atoms with Crippen molar-refractivity contribution in [3.63, 3.8) is 0 Å². The molecule has 1 aromatic carbocycles. The van der Waals surface area contributed by atoms with Gasteiger partial charge >= 0.3 is 5.69 Å². The zero-order chi connectivity index (χ0) is 26.7. The molecule has 0 aliphatic heterocycles. The van der Waals surface area contributed by atoms with Crippen LogP contribution in [-0.4, -0.2) is 29.2 Å². The predicted molar refractivity (Wildman–Crippen MR) is 144 cm³/mol. The van der Waals surface area contributed by atoms with Crippen molar-refractivity contribution >= 4 is 21.9 Å². The highest BCUT2D eigenvalue weighted by molar-refractivity contribution is 6.04. The van der Waals surface area contributed by atoms with E-state index in [1.165, 1.54) is 0 Å². The van der Waals surface area contributed by atoms with Crippen LogP contribution in [0.4, 0.5) is 0 Å². The summed E-state index contributed by atoms with van der Waals surface area (Å²) in [6, 6.07) is 11.5. The molecule has 5 rings (SSSR count). The molecule has 0 spiro atoms. The Labute approximate surface area is 214 Å². The van der Waals surface area contributed by atoms with Gasteiger partial charge in [-0.15, -0.1) is 0 Å². The Balaban J connectivity index is 1.79. The molecule has 0 aliphatic carbocycles. The molecular weight excluding hydrogens is 464 g/mol. The molecule has 4 heterocycles. The third-order valence-corrected chi connectivity index (χ3v) is 6.87. The van der Waals surface area contributed by atoms with E-state index in [2.05, 4.69) is 19.8 Å². The van der Waals surface area contributed by atoms with Gasteiger partial charge in [0.05, 0.1) is 45.4 Å². The average Bonchev–Trinajstić information content (AvgIpc) is 3.13. The molecule has 37 heavy (non-hydrogen) atoms. The van der Waals surface area contributed by atoms with Gasteiger partial charge in [-0.3, -0.25) is 24.1 Å². The Morgan fingerprint density at radius 1 is 1.00 bits per heavy atom. The molecule has 8 nitrogen and oxygen atoms in total. The minimum Gasteiger partial charge on any atom is -0.384 e. The largest absolute Gasteiger partial charge is 0.384 e. The topological polar surface area (TPSA) is 90.2 Å².